The van der Waals surface area contributed by atoms with Gasteiger partial charge in [0.1, 0.15) is 5.69 Å². The first-order chi connectivity index (χ1) is 9.63. The largest absolute Gasteiger partial charge is 0.368 e. The fourth-order valence-corrected chi connectivity index (χ4v) is 3.35. The van der Waals surface area contributed by atoms with Gasteiger partial charge >= 0.3 is 0 Å². The molecule has 1 heterocycles. The number of hydrogen-bond donors (Lipinski definition) is 1. The summed E-state index contributed by atoms with van der Waals surface area (Å²) < 4.78 is 4.90. The molecule has 0 bridgehead atoms. The van der Waals surface area contributed by atoms with Crippen molar-refractivity contribution in [3.63, 3.8) is 0 Å². The Balaban J connectivity index is 1.84. The van der Waals surface area contributed by atoms with E-state index >= 15 is 0 Å². The number of nitrogen functional groups attached to an aromatic ring is 1. The highest BCUT2D eigenvalue weighted by Gasteiger charge is 2.21. The predicted molar refractivity (Wildman–Crippen MR) is 81.7 cm³/mol. The maximum absolute atomic E-state index is 6.47. The third-order valence-corrected chi connectivity index (χ3v) is 4.61. The SMILES string of the molecule is CC1CCC(c2ccc(-c3cc(N)on3)cc2Cl)CC1. The highest BCUT2D eigenvalue weighted by Crippen LogP contribution is 2.39. The van der Waals surface area contributed by atoms with Gasteiger partial charge in [0, 0.05) is 16.7 Å². The summed E-state index contributed by atoms with van der Waals surface area (Å²) in [4.78, 5) is 0. The summed E-state index contributed by atoms with van der Waals surface area (Å²) in [5, 5.41) is 4.74. The van der Waals surface area contributed by atoms with Crippen molar-refractivity contribution in [2.24, 2.45) is 5.92 Å². The van der Waals surface area contributed by atoms with Crippen molar-refractivity contribution >= 4 is 17.5 Å². The summed E-state index contributed by atoms with van der Waals surface area (Å²) in [6, 6.07) is 7.86. The van der Waals surface area contributed by atoms with Gasteiger partial charge in [0.15, 0.2) is 0 Å². The van der Waals surface area contributed by atoms with Crippen LogP contribution in [0.4, 0.5) is 5.88 Å². The number of benzene rings is 1. The van der Waals surface area contributed by atoms with Gasteiger partial charge in [-0.2, -0.15) is 0 Å². The highest BCUT2D eigenvalue weighted by molar-refractivity contribution is 6.31. The Morgan fingerprint density at radius 3 is 2.55 bits per heavy atom. The first-order valence-corrected chi connectivity index (χ1v) is 7.53. The van der Waals surface area contributed by atoms with Crippen LogP contribution in [0.5, 0.6) is 0 Å². The molecule has 20 heavy (non-hydrogen) atoms. The lowest BCUT2D eigenvalue weighted by atomic mass is 9.79. The van der Waals surface area contributed by atoms with Gasteiger partial charge in [0.2, 0.25) is 5.88 Å². The molecule has 0 unspecified atom stereocenters. The molecule has 0 spiro atoms. The number of rotatable bonds is 2. The molecular weight excluding hydrogens is 272 g/mol. The lowest BCUT2D eigenvalue weighted by molar-refractivity contribution is 0.348. The Morgan fingerprint density at radius 2 is 1.95 bits per heavy atom. The topological polar surface area (TPSA) is 52.0 Å². The molecule has 3 rings (SSSR count). The van der Waals surface area contributed by atoms with E-state index < -0.39 is 0 Å². The Kier molecular flexibility index (Phi) is 3.70. The molecule has 4 heteroatoms. The van der Waals surface area contributed by atoms with Crippen molar-refractivity contribution in [3.8, 4) is 11.3 Å². The van der Waals surface area contributed by atoms with E-state index in [1.807, 2.05) is 6.07 Å². The molecule has 0 radical (unpaired) electrons. The van der Waals surface area contributed by atoms with Crippen LogP contribution in [0, 0.1) is 5.92 Å². The Bertz CT molecular complexity index is 600. The van der Waals surface area contributed by atoms with Gasteiger partial charge in [-0.1, -0.05) is 48.7 Å². The van der Waals surface area contributed by atoms with E-state index in [2.05, 4.69) is 24.2 Å². The van der Waals surface area contributed by atoms with E-state index in [-0.39, 0.29) is 0 Å². The lowest BCUT2D eigenvalue weighted by Gasteiger charge is -2.27. The van der Waals surface area contributed by atoms with Crippen LogP contribution < -0.4 is 5.73 Å². The number of aromatic nitrogens is 1. The third kappa shape index (κ3) is 2.68. The third-order valence-electron chi connectivity index (χ3n) is 4.28. The monoisotopic (exact) mass is 290 g/mol. The standard InChI is InChI=1S/C16H19ClN2O/c1-10-2-4-11(5-3-10)13-7-6-12(8-14(13)17)15-9-16(18)20-19-15/h6-11H,2-5,18H2,1H3. The van der Waals surface area contributed by atoms with Crippen LogP contribution in [0.1, 0.15) is 44.1 Å². The number of hydrogen-bond acceptors (Lipinski definition) is 3. The molecule has 106 valence electrons. The molecular formula is C16H19ClN2O. The molecule has 1 saturated carbocycles. The van der Waals surface area contributed by atoms with Crippen molar-refractivity contribution in [2.45, 2.75) is 38.5 Å². The smallest absolute Gasteiger partial charge is 0.222 e. The van der Waals surface area contributed by atoms with Crippen LogP contribution in [-0.4, -0.2) is 5.16 Å². The first-order valence-electron chi connectivity index (χ1n) is 7.15. The van der Waals surface area contributed by atoms with Gasteiger partial charge in [-0.15, -0.1) is 0 Å². The summed E-state index contributed by atoms with van der Waals surface area (Å²) in [6.07, 6.45) is 5.05. The number of nitrogens with two attached hydrogens (primary N) is 1. The van der Waals surface area contributed by atoms with Crippen molar-refractivity contribution in [2.75, 3.05) is 5.73 Å². The van der Waals surface area contributed by atoms with Crippen LogP contribution in [-0.2, 0) is 0 Å². The Hall–Kier alpha value is -1.48. The molecule has 1 aliphatic carbocycles. The molecule has 3 nitrogen and oxygen atoms in total. The van der Waals surface area contributed by atoms with Crippen LogP contribution >= 0.6 is 11.6 Å². The van der Waals surface area contributed by atoms with Gasteiger partial charge in [0.05, 0.1) is 0 Å². The second-order valence-electron chi connectivity index (χ2n) is 5.81. The van der Waals surface area contributed by atoms with E-state index in [4.69, 9.17) is 21.9 Å². The van der Waals surface area contributed by atoms with Crippen LogP contribution in [0.25, 0.3) is 11.3 Å². The molecule has 1 aromatic heterocycles. The predicted octanol–water partition coefficient (Wildman–Crippen LogP) is 4.87. The Morgan fingerprint density at radius 1 is 1.20 bits per heavy atom. The minimum absolute atomic E-state index is 0.321. The summed E-state index contributed by atoms with van der Waals surface area (Å²) in [5.74, 6) is 1.76. The quantitative estimate of drug-likeness (QED) is 0.858. The maximum Gasteiger partial charge on any atom is 0.222 e. The van der Waals surface area contributed by atoms with Crippen LogP contribution in [0.3, 0.4) is 0 Å². The van der Waals surface area contributed by atoms with Crippen molar-refractivity contribution in [3.05, 3.63) is 34.9 Å². The van der Waals surface area contributed by atoms with Gasteiger partial charge < -0.3 is 10.3 Å². The molecule has 0 atom stereocenters. The second-order valence-corrected chi connectivity index (χ2v) is 6.21. The van der Waals surface area contributed by atoms with Crippen molar-refractivity contribution < 1.29 is 4.52 Å². The number of anilines is 1. The molecule has 1 aliphatic rings. The number of halogens is 1. The van der Waals surface area contributed by atoms with E-state index in [1.165, 1.54) is 31.2 Å². The van der Waals surface area contributed by atoms with Gasteiger partial charge in [-0.25, -0.2) is 0 Å². The fraction of sp³-hybridized carbons (Fsp3) is 0.438. The second kappa shape index (κ2) is 5.49. The van der Waals surface area contributed by atoms with Crippen molar-refractivity contribution in [1.29, 1.82) is 0 Å². The molecule has 1 fully saturated rings. The minimum Gasteiger partial charge on any atom is -0.368 e. The number of nitrogens with zero attached hydrogens (tertiary/aromatic N) is 1. The summed E-state index contributed by atoms with van der Waals surface area (Å²) in [6.45, 7) is 2.33. The van der Waals surface area contributed by atoms with Gasteiger partial charge in [-0.05, 0) is 36.3 Å². The molecule has 2 N–H and O–H groups in total. The van der Waals surface area contributed by atoms with Crippen LogP contribution in [0.15, 0.2) is 28.8 Å². The van der Waals surface area contributed by atoms with E-state index in [9.17, 15) is 0 Å². The van der Waals surface area contributed by atoms with E-state index in [1.54, 1.807) is 6.07 Å². The zero-order chi connectivity index (χ0) is 14.1. The minimum atomic E-state index is 0.321. The average molecular weight is 291 g/mol. The summed E-state index contributed by atoms with van der Waals surface area (Å²) >= 11 is 6.47. The normalized spacial score (nSPS) is 22.9. The lowest BCUT2D eigenvalue weighted by Crippen LogP contribution is -2.11. The highest BCUT2D eigenvalue weighted by atomic mass is 35.5. The zero-order valence-corrected chi connectivity index (χ0v) is 12.4. The maximum atomic E-state index is 6.47. The van der Waals surface area contributed by atoms with E-state index in [0.29, 0.717) is 11.8 Å². The molecule has 0 aliphatic heterocycles. The first kappa shape index (κ1) is 13.5. The molecule has 2 aromatic rings. The van der Waals surface area contributed by atoms with Gasteiger partial charge in [0.25, 0.3) is 0 Å². The molecule has 0 saturated heterocycles. The average Bonchev–Trinajstić information content (AvgIpc) is 2.87. The van der Waals surface area contributed by atoms with Crippen LogP contribution in [0.2, 0.25) is 5.02 Å². The summed E-state index contributed by atoms with van der Waals surface area (Å²) in [7, 11) is 0. The molecule has 0 amide bonds. The van der Waals surface area contributed by atoms with Gasteiger partial charge in [-0.3, -0.25) is 0 Å². The summed E-state index contributed by atoms with van der Waals surface area (Å²) in [5.41, 5.74) is 8.49. The fourth-order valence-electron chi connectivity index (χ4n) is 3.01. The van der Waals surface area contributed by atoms with E-state index in [0.717, 1.165) is 22.2 Å². The zero-order valence-electron chi connectivity index (χ0n) is 11.6. The van der Waals surface area contributed by atoms with Crippen molar-refractivity contribution in [1.82, 2.24) is 5.16 Å². The molecule has 1 aromatic carbocycles. The Labute approximate surface area is 124 Å².